The molecule has 8 heteroatoms. The number of piperidine rings is 1. The van der Waals surface area contributed by atoms with Crippen molar-refractivity contribution in [3.8, 4) is 0 Å². The summed E-state index contributed by atoms with van der Waals surface area (Å²) < 4.78 is 0. The van der Waals surface area contributed by atoms with Crippen LogP contribution in [0.2, 0.25) is 0 Å². The van der Waals surface area contributed by atoms with Gasteiger partial charge in [-0.1, -0.05) is 0 Å². The van der Waals surface area contributed by atoms with E-state index >= 15 is 0 Å². The first-order chi connectivity index (χ1) is 11.2. The number of pyridine rings is 1. The molecule has 2 amide bonds. The summed E-state index contributed by atoms with van der Waals surface area (Å²) in [7, 11) is 0. The molecular weight excluding hydrogens is 363 g/mol. The van der Waals surface area contributed by atoms with Crippen LogP contribution in [0, 0.1) is 5.92 Å². The first kappa shape index (κ1) is 21.7. The summed E-state index contributed by atoms with van der Waals surface area (Å²) in [6.45, 7) is 5.78. The average molecular weight is 389 g/mol. The Bertz CT molecular complexity index is 573. The Morgan fingerprint density at radius 3 is 2.60 bits per heavy atom. The van der Waals surface area contributed by atoms with Gasteiger partial charge in [-0.25, -0.2) is 0 Å². The summed E-state index contributed by atoms with van der Waals surface area (Å²) in [6, 6.07) is 3.68. The molecular formula is C17H26Cl2N4O2. The quantitative estimate of drug-likeness (QED) is 0.835. The van der Waals surface area contributed by atoms with Gasteiger partial charge in [-0.15, -0.1) is 24.8 Å². The van der Waals surface area contributed by atoms with Crippen LogP contribution in [0.5, 0.6) is 0 Å². The molecule has 2 aliphatic heterocycles. The van der Waals surface area contributed by atoms with Gasteiger partial charge in [-0.3, -0.25) is 14.6 Å². The van der Waals surface area contributed by atoms with Crippen molar-refractivity contribution < 1.29 is 9.59 Å². The van der Waals surface area contributed by atoms with Crippen molar-refractivity contribution in [2.75, 3.05) is 32.7 Å². The first-order valence-corrected chi connectivity index (χ1v) is 8.37. The molecule has 0 radical (unpaired) electrons. The zero-order valence-electron chi connectivity index (χ0n) is 14.4. The van der Waals surface area contributed by atoms with Crippen molar-refractivity contribution in [1.82, 2.24) is 20.1 Å². The number of hydrogen-bond acceptors (Lipinski definition) is 4. The number of nitrogens with zero attached hydrogens (tertiary/aromatic N) is 3. The summed E-state index contributed by atoms with van der Waals surface area (Å²) in [5.74, 6) is 0.125. The maximum Gasteiger partial charge on any atom is 0.253 e. The number of nitrogens with one attached hydrogen (secondary N) is 1. The van der Waals surface area contributed by atoms with Crippen LogP contribution in [0.25, 0.3) is 0 Å². The fraction of sp³-hybridized carbons (Fsp3) is 0.588. The molecule has 0 aromatic carbocycles. The number of piperazine rings is 1. The van der Waals surface area contributed by atoms with Gasteiger partial charge < -0.3 is 15.1 Å². The van der Waals surface area contributed by atoms with Crippen molar-refractivity contribution in [1.29, 1.82) is 0 Å². The summed E-state index contributed by atoms with van der Waals surface area (Å²) in [6.07, 6.45) is 5.01. The maximum atomic E-state index is 12.8. The zero-order valence-corrected chi connectivity index (χ0v) is 16.0. The number of hydrogen-bond donors (Lipinski definition) is 1. The number of rotatable bonds is 2. The normalized spacial score (nSPS) is 23.2. The lowest BCUT2D eigenvalue weighted by Crippen LogP contribution is -2.55. The summed E-state index contributed by atoms with van der Waals surface area (Å²) in [5.41, 5.74) is 0.642. The molecule has 0 aliphatic carbocycles. The van der Waals surface area contributed by atoms with Gasteiger partial charge in [0.15, 0.2) is 0 Å². The van der Waals surface area contributed by atoms with Gasteiger partial charge in [0.2, 0.25) is 5.91 Å². The molecule has 1 N–H and O–H groups in total. The molecule has 0 saturated carbocycles. The van der Waals surface area contributed by atoms with E-state index in [0.29, 0.717) is 12.1 Å². The summed E-state index contributed by atoms with van der Waals surface area (Å²) in [4.78, 5) is 33.1. The number of amides is 2. The smallest absolute Gasteiger partial charge is 0.253 e. The third kappa shape index (κ3) is 5.06. The van der Waals surface area contributed by atoms with Crippen LogP contribution in [-0.4, -0.2) is 65.4 Å². The van der Waals surface area contributed by atoms with Crippen molar-refractivity contribution in [2.24, 2.45) is 5.92 Å². The molecule has 3 heterocycles. The van der Waals surface area contributed by atoms with Crippen LogP contribution in [0.4, 0.5) is 0 Å². The van der Waals surface area contributed by atoms with E-state index in [2.05, 4.69) is 17.2 Å². The Morgan fingerprint density at radius 2 is 1.92 bits per heavy atom. The number of carbonyl (C=O) groups excluding carboxylic acids is 2. The van der Waals surface area contributed by atoms with Crippen LogP contribution in [0.1, 0.15) is 30.1 Å². The van der Waals surface area contributed by atoms with Crippen molar-refractivity contribution in [2.45, 2.75) is 25.8 Å². The van der Waals surface area contributed by atoms with Gasteiger partial charge in [-0.2, -0.15) is 0 Å². The van der Waals surface area contributed by atoms with E-state index in [9.17, 15) is 9.59 Å². The highest BCUT2D eigenvalue weighted by atomic mass is 35.5. The van der Waals surface area contributed by atoms with Crippen LogP contribution in [0.3, 0.4) is 0 Å². The van der Waals surface area contributed by atoms with Gasteiger partial charge in [0.1, 0.15) is 0 Å². The van der Waals surface area contributed by atoms with Gasteiger partial charge >= 0.3 is 0 Å². The van der Waals surface area contributed by atoms with Crippen molar-refractivity contribution >= 4 is 36.6 Å². The fourth-order valence-corrected chi connectivity index (χ4v) is 3.44. The van der Waals surface area contributed by atoms with E-state index in [1.165, 1.54) is 0 Å². The van der Waals surface area contributed by atoms with Gasteiger partial charge in [0, 0.05) is 56.7 Å². The minimum Gasteiger partial charge on any atom is -0.338 e. The molecule has 0 bridgehead atoms. The molecule has 2 atom stereocenters. The summed E-state index contributed by atoms with van der Waals surface area (Å²) >= 11 is 0. The van der Waals surface area contributed by atoms with Crippen molar-refractivity contribution in [3.05, 3.63) is 30.1 Å². The molecule has 1 aromatic heterocycles. The molecule has 1 aromatic rings. The van der Waals surface area contributed by atoms with Crippen LogP contribution in [-0.2, 0) is 4.79 Å². The molecule has 1 unspecified atom stereocenters. The second kappa shape index (κ2) is 9.94. The van der Waals surface area contributed by atoms with Crippen LogP contribution in [0.15, 0.2) is 24.5 Å². The molecule has 2 fully saturated rings. The van der Waals surface area contributed by atoms with E-state index in [-0.39, 0.29) is 48.6 Å². The fourth-order valence-electron chi connectivity index (χ4n) is 3.44. The lowest BCUT2D eigenvalue weighted by atomic mass is 9.95. The van der Waals surface area contributed by atoms with Crippen molar-refractivity contribution in [3.63, 3.8) is 0 Å². The van der Waals surface area contributed by atoms with Gasteiger partial charge in [-0.05, 0) is 31.9 Å². The van der Waals surface area contributed by atoms with E-state index in [4.69, 9.17) is 0 Å². The standard InChI is InChI=1S/C17H24N4O2.2ClH/c1-13-11-19-8-10-21(13)17(23)15-3-2-9-20(12-15)16(22)14-4-6-18-7-5-14;;/h4-7,13,15,19H,2-3,8-12H2,1H3;2*1H/t13-,15?;;/m0../s1. The molecule has 3 rings (SSSR count). The Hall–Kier alpha value is -1.37. The van der Waals surface area contributed by atoms with Gasteiger partial charge in [0.05, 0.1) is 5.92 Å². The van der Waals surface area contributed by atoms with E-state index in [1.54, 1.807) is 24.5 Å². The van der Waals surface area contributed by atoms with E-state index in [0.717, 1.165) is 39.0 Å². The highest BCUT2D eigenvalue weighted by Crippen LogP contribution is 2.22. The summed E-state index contributed by atoms with van der Waals surface area (Å²) in [5, 5.41) is 3.31. The average Bonchev–Trinajstić information content (AvgIpc) is 2.62. The lowest BCUT2D eigenvalue weighted by molar-refractivity contribution is -0.139. The van der Waals surface area contributed by atoms with Crippen LogP contribution < -0.4 is 5.32 Å². The molecule has 2 saturated heterocycles. The van der Waals surface area contributed by atoms with E-state index < -0.39 is 0 Å². The number of likely N-dealkylation sites (tertiary alicyclic amines) is 1. The van der Waals surface area contributed by atoms with E-state index in [1.807, 2.05) is 9.80 Å². The van der Waals surface area contributed by atoms with Gasteiger partial charge in [0.25, 0.3) is 5.91 Å². The minimum absolute atomic E-state index is 0. The Morgan fingerprint density at radius 1 is 1.20 bits per heavy atom. The predicted octanol–water partition coefficient (Wildman–Crippen LogP) is 1.60. The first-order valence-electron chi connectivity index (χ1n) is 8.37. The molecule has 6 nitrogen and oxygen atoms in total. The molecule has 2 aliphatic rings. The number of halogens is 2. The molecule has 0 spiro atoms. The topological polar surface area (TPSA) is 65.5 Å². The third-order valence-corrected chi connectivity index (χ3v) is 4.77. The second-order valence-electron chi connectivity index (χ2n) is 6.41. The minimum atomic E-state index is -0.0740. The zero-order chi connectivity index (χ0) is 16.2. The predicted molar refractivity (Wildman–Crippen MR) is 101 cm³/mol. The SMILES string of the molecule is C[C@H]1CNCCN1C(=O)C1CCCN(C(=O)c2ccncc2)C1.Cl.Cl. The maximum absolute atomic E-state index is 12.8. The highest BCUT2D eigenvalue weighted by molar-refractivity contribution is 5.94. The Balaban J connectivity index is 0.00000156. The largest absolute Gasteiger partial charge is 0.338 e. The second-order valence-corrected chi connectivity index (χ2v) is 6.41. The van der Waals surface area contributed by atoms with Crippen LogP contribution >= 0.6 is 24.8 Å². The lowest BCUT2D eigenvalue weighted by Gasteiger charge is -2.39. The highest BCUT2D eigenvalue weighted by Gasteiger charge is 2.33. The number of carbonyl (C=O) groups is 2. The number of aromatic nitrogens is 1. The molecule has 25 heavy (non-hydrogen) atoms. The Labute approximate surface area is 161 Å². The molecule has 140 valence electrons. The Kier molecular flexibility index (Phi) is 8.62. The monoisotopic (exact) mass is 388 g/mol. The third-order valence-electron chi connectivity index (χ3n) is 4.77.